The van der Waals surface area contributed by atoms with Gasteiger partial charge in [0.05, 0.1) is 17.8 Å². The van der Waals surface area contributed by atoms with E-state index >= 15 is 0 Å². The Kier molecular flexibility index (Phi) is 2.69. The standard InChI is InChI=1S/C12H10FN3/c1-2-16-8-10(7-15-16)11-5-9(6-14)3-4-12(11)13/h3-5,7-8H,2H2,1H3. The van der Waals surface area contributed by atoms with Crippen molar-refractivity contribution >= 4 is 0 Å². The van der Waals surface area contributed by atoms with Gasteiger partial charge >= 0.3 is 0 Å². The van der Waals surface area contributed by atoms with Crippen LogP contribution in [0, 0.1) is 17.1 Å². The van der Waals surface area contributed by atoms with Crippen molar-refractivity contribution < 1.29 is 4.39 Å². The number of halogens is 1. The molecule has 1 aromatic heterocycles. The van der Waals surface area contributed by atoms with Crippen molar-refractivity contribution in [1.82, 2.24) is 9.78 Å². The summed E-state index contributed by atoms with van der Waals surface area (Å²) in [6.45, 7) is 2.69. The van der Waals surface area contributed by atoms with Gasteiger partial charge in [0.1, 0.15) is 5.82 Å². The number of hydrogen-bond donors (Lipinski definition) is 0. The van der Waals surface area contributed by atoms with Crippen LogP contribution in [0.25, 0.3) is 11.1 Å². The molecule has 80 valence electrons. The molecule has 3 nitrogen and oxygen atoms in total. The topological polar surface area (TPSA) is 41.6 Å². The Morgan fingerprint density at radius 1 is 1.50 bits per heavy atom. The number of hydrogen-bond acceptors (Lipinski definition) is 2. The molecule has 0 aliphatic carbocycles. The van der Waals surface area contributed by atoms with E-state index < -0.39 is 0 Å². The van der Waals surface area contributed by atoms with E-state index in [1.165, 1.54) is 18.2 Å². The maximum Gasteiger partial charge on any atom is 0.131 e. The summed E-state index contributed by atoms with van der Waals surface area (Å²) in [5, 5.41) is 12.8. The highest BCUT2D eigenvalue weighted by molar-refractivity contribution is 5.64. The minimum Gasteiger partial charge on any atom is -0.272 e. The van der Waals surface area contributed by atoms with Gasteiger partial charge in [-0.2, -0.15) is 10.4 Å². The lowest BCUT2D eigenvalue weighted by Crippen LogP contribution is -1.92. The second-order valence-corrected chi connectivity index (χ2v) is 3.39. The van der Waals surface area contributed by atoms with Gasteiger partial charge < -0.3 is 0 Å². The molecule has 0 saturated heterocycles. The Labute approximate surface area is 92.7 Å². The van der Waals surface area contributed by atoms with Crippen LogP contribution in [-0.2, 0) is 6.54 Å². The maximum atomic E-state index is 13.6. The first-order valence-corrected chi connectivity index (χ1v) is 4.97. The molecule has 0 fully saturated rings. The third-order valence-corrected chi connectivity index (χ3v) is 2.36. The van der Waals surface area contributed by atoms with E-state index in [0.29, 0.717) is 16.7 Å². The first-order chi connectivity index (χ1) is 7.74. The van der Waals surface area contributed by atoms with E-state index in [4.69, 9.17) is 5.26 Å². The molecule has 0 aliphatic rings. The number of rotatable bonds is 2. The van der Waals surface area contributed by atoms with E-state index in [-0.39, 0.29) is 5.82 Å². The lowest BCUT2D eigenvalue weighted by atomic mass is 10.1. The second-order valence-electron chi connectivity index (χ2n) is 3.39. The number of nitrogens with zero attached hydrogens (tertiary/aromatic N) is 3. The van der Waals surface area contributed by atoms with Gasteiger partial charge in [-0.15, -0.1) is 0 Å². The molecule has 0 spiro atoms. The highest BCUT2D eigenvalue weighted by Gasteiger charge is 2.08. The number of aryl methyl sites for hydroxylation is 1. The molecule has 0 unspecified atom stereocenters. The lowest BCUT2D eigenvalue weighted by molar-refractivity contribution is 0.631. The Hall–Kier alpha value is -2.15. The second kappa shape index (κ2) is 4.15. The Morgan fingerprint density at radius 3 is 2.94 bits per heavy atom. The number of nitriles is 1. The highest BCUT2D eigenvalue weighted by atomic mass is 19.1. The number of aromatic nitrogens is 2. The molecule has 0 aliphatic heterocycles. The number of benzene rings is 1. The first kappa shape index (κ1) is 10.4. The predicted molar refractivity (Wildman–Crippen MR) is 58.0 cm³/mol. The van der Waals surface area contributed by atoms with E-state index in [2.05, 4.69) is 5.10 Å². The molecular formula is C12H10FN3. The summed E-state index contributed by atoms with van der Waals surface area (Å²) >= 11 is 0. The van der Waals surface area contributed by atoms with Crippen LogP contribution < -0.4 is 0 Å². The van der Waals surface area contributed by atoms with Crippen LogP contribution in [0.15, 0.2) is 30.6 Å². The average Bonchev–Trinajstić information content (AvgIpc) is 2.78. The molecule has 16 heavy (non-hydrogen) atoms. The van der Waals surface area contributed by atoms with Crippen molar-refractivity contribution in [1.29, 1.82) is 5.26 Å². The van der Waals surface area contributed by atoms with Gasteiger partial charge in [0.15, 0.2) is 0 Å². The van der Waals surface area contributed by atoms with Gasteiger partial charge in [0.25, 0.3) is 0 Å². The fourth-order valence-electron chi connectivity index (χ4n) is 1.49. The monoisotopic (exact) mass is 215 g/mol. The van der Waals surface area contributed by atoms with E-state index in [1.54, 1.807) is 17.1 Å². The molecule has 0 atom stereocenters. The average molecular weight is 215 g/mol. The third kappa shape index (κ3) is 1.80. The zero-order valence-corrected chi connectivity index (χ0v) is 8.81. The Bertz CT molecular complexity index is 552. The van der Waals surface area contributed by atoms with Crippen LogP contribution in [0.5, 0.6) is 0 Å². The molecule has 2 aromatic rings. The van der Waals surface area contributed by atoms with Crippen molar-refractivity contribution in [2.75, 3.05) is 0 Å². The van der Waals surface area contributed by atoms with Crippen molar-refractivity contribution in [2.24, 2.45) is 0 Å². The molecular weight excluding hydrogens is 205 g/mol. The molecule has 4 heteroatoms. The molecule has 0 amide bonds. The van der Waals surface area contributed by atoms with Gasteiger partial charge in [-0.25, -0.2) is 4.39 Å². The fourth-order valence-corrected chi connectivity index (χ4v) is 1.49. The van der Waals surface area contributed by atoms with Crippen LogP contribution in [0.1, 0.15) is 12.5 Å². The predicted octanol–water partition coefficient (Wildman–Crippen LogP) is 2.58. The summed E-state index contributed by atoms with van der Waals surface area (Å²) in [6, 6.07) is 6.29. The molecule has 0 saturated carbocycles. The smallest absolute Gasteiger partial charge is 0.131 e. The maximum absolute atomic E-state index is 13.6. The minimum atomic E-state index is -0.338. The van der Waals surface area contributed by atoms with Crippen LogP contribution in [-0.4, -0.2) is 9.78 Å². The molecule has 1 aromatic carbocycles. The lowest BCUT2D eigenvalue weighted by Gasteiger charge is -2.00. The van der Waals surface area contributed by atoms with E-state index in [0.717, 1.165) is 6.54 Å². The van der Waals surface area contributed by atoms with Crippen LogP contribution >= 0.6 is 0 Å². The Balaban J connectivity index is 2.50. The van der Waals surface area contributed by atoms with Gasteiger partial charge in [0, 0.05) is 23.9 Å². The van der Waals surface area contributed by atoms with Gasteiger partial charge in [-0.1, -0.05) is 0 Å². The Morgan fingerprint density at radius 2 is 2.31 bits per heavy atom. The highest BCUT2D eigenvalue weighted by Crippen LogP contribution is 2.23. The third-order valence-electron chi connectivity index (χ3n) is 2.36. The first-order valence-electron chi connectivity index (χ1n) is 4.97. The van der Waals surface area contributed by atoms with Crippen molar-refractivity contribution in [3.63, 3.8) is 0 Å². The summed E-state index contributed by atoms with van der Waals surface area (Å²) in [4.78, 5) is 0. The van der Waals surface area contributed by atoms with Crippen LogP contribution in [0.2, 0.25) is 0 Å². The summed E-state index contributed by atoms with van der Waals surface area (Å²) < 4.78 is 15.3. The van der Waals surface area contributed by atoms with Crippen LogP contribution in [0.3, 0.4) is 0 Å². The quantitative estimate of drug-likeness (QED) is 0.772. The molecule has 0 N–H and O–H groups in total. The zero-order chi connectivity index (χ0) is 11.5. The summed E-state index contributed by atoms with van der Waals surface area (Å²) in [5.41, 5.74) is 1.55. The van der Waals surface area contributed by atoms with Gasteiger partial charge in [-0.05, 0) is 25.1 Å². The summed E-state index contributed by atoms with van der Waals surface area (Å²) in [7, 11) is 0. The fraction of sp³-hybridized carbons (Fsp3) is 0.167. The van der Waals surface area contributed by atoms with Crippen molar-refractivity contribution in [2.45, 2.75) is 13.5 Å². The SMILES string of the molecule is CCn1cc(-c2cc(C#N)ccc2F)cn1. The molecule has 2 rings (SSSR count). The largest absolute Gasteiger partial charge is 0.272 e. The van der Waals surface area contributed by atoms with Gasteiger partial charge in [-0.3, -0.25) is 4.68 Å². The zero-order valence-electron chi connectivity index (χ0n) is 8.81. The molecule has 1 heterocycles. The summed E-state index contributed by atoms with van der Waals surface area (Å²) in [5.74, 6) is -0.338. The minimum absolute atomic E-state index is 0.338. The van der Waals surface area contributed by atoms with E-state index in [1.807, 2.05) is 13.0 Å². The normalized spacial score (nSPS) is 10.1. The van der Waals surface area contributed by atoms with Gasteiger partial charge in [0.2, 0.25) is 0 Å². The molecule has 0 radical (unpaired) electrons. The van der Waals surface area contributed by atoms with Crippen LogP contribution in [0.4, 0.5) is 4.39 Å². The van der Waals surface area contributed by atoms with Crippen molar-refractivity contribution in [3.05, 3.63) is 42.0 Å². The van der Waals surface area contributed by atoms with E-state index in [9.17, 15) is 4.39 Å². The summed E-state index contributed by atoms with van der Waals surface area (Å²) in [6.07, 6.45) is 3.36. The van der Waals surface area contributed by atoms with Crippen molar-refractivity contribution in [3.8, 4) is 17.2 Å². The molecule has 0 bridgehead atoms.